The molecule has 0 atom stereocenters. The number of carbonyl (C=O) groups is 1. The van der Waals surface area contributed by atoms with Gasteiger partial charge >= 0.3 is 6.18 Å². The zero-order valence-electron chi connectivity index (χ0n) is 11.4. The minimum absolute atomic E-state index is 0.0625. The van der Waals surface area contributed by atoms with Crippen molar-refractivity contribution in [3.8, 4) is 5.75 Å². The number of amides is 1. The summed E-state index contributed by atoms with van der Waals surface area (Å²) in [6, 6.07) is 4.49. The first-order valence-corrected chi connectivity index (χ1v) is 6.52. The van der Waals surface area contributed by atoms with Gasteiger partial charge in [-0.05, 0) is 19.1 Å². The zero-order valence-corrected chi connectivity index (χ0v) is 11.4. The molecule has 0 radical (unpaired) electrons. The Morgan fingerprint density at radius 1 is 1.29 bits per heavy atom. The maximum absolute atomic E-state index is 12.7. The summed E-state index contributed by atoms with van der Waals surface area (Å²) in [5.74, 6) is -0.734. The SMILES string of the molecule is Cc1ccc(O)c(C(=O)N2CCC(O)(C(F)(F)F)CC2)c1. The summed E-state index contributed by atoms with van der Waals surface area (Å²) in [4.78, 5) is 13.5. The van der Waals surface area contributed by atoms with Gasteiger partial charge in [0.1, 0.15) is 5.75 Å². The first-order chi connectivity index (χ1) is 9.64. The number of aliphatic hydroxyl groups is 1. The number of nitrogens with zero attached hydrogens (tertiary/aromatic N) is 1. The quantitative estimate of drug-likeness (QED) is 0.836. The molecule has 0 unspecified atom stereocenters. The summed E-state index contributed by atoms with van der Waals surface area (Å²) in [6.07, 6.45) is -5.82. The molecule has 2 N–H and O–H groups in total. The van der Waals surface area contributed by atoms with E-state index in [0.717, 1.165) is 5.56 Å². The lowest BCUT2D eigenvalue weighted by atomic mass is 9.90. The van der Waals surface area contributed by atoms with E-state index in [9.17, 15) is 28.2 Å². The number of aromatic hydroxyl groups is 1. The van der Waals surface area contributed by atoms with Crippen molar-refractivity contribution >= 4 is 5.91 Å². The van der Waals surface area contributed by atoms with Crippen LogP contribution in [0.1, 0.15) is 28.8 Å². The molecule has 7 heteroatoms. The minimum atomic E-state index is -4.70. The predicted octanol–water partition coefficient (Wildman–Crippen LogP) is 2.23. The third-order valence-corrected chi connectivity index (χ3v) is 3.79. The highest BCUT2D eigenvalue weighted by atomic mass is 19.4. The van der Waals surface area contributed by atoms with Crippen molar-refractivity contribution in [1.82, 2.24) is 4.90 Å². The van der Waals surface area contributed by atoms with E-state index in [-0.39, 0.29) is 24.4 Å². The van der Waals surface area contributed by atoms with Crippen LogP contribution in [0.15, 0.2) is 18.2 Å². The van der Waals surface area contributed by atoms with Crippen LogP contribution in [0, 0.1) is 6.92 Å². The lowest BCUT2D eigenvalue weighted by Crippen LogP contribution is -2.54. The number of carbonyl (C=O) groups excluding carboxylic acids is 1. The van der Waals surface area contributed by atoms with E-state index in [1.54, 1.807) is 13.0 Å². The number of likely N-dealkylation sites (tertiary alicyclic amines) is 1. The molecular formula is C14H16F3NO3. The van der Waals surface area contributed by atoms with Crippen LogP contribution in [-0.2, 0) is 0 Å². The van der Waals surface area contributed by atoms with Crippen LogP contribution < -0.4 is 0 Å². The van der Waals surface area contributed by atoms with Crippen LogP contribution in [0.2, 0.25) is 0 Å². The third kappa shape index (κ3) is 2.97. The lowest BCUT2D eigenvalue weighted by molar-refractivity contribution is -0.271. The number of alkyl halides is 3. The van der Waals surface area contributed by atoms with Crippen LogP contribution in [0.5, 0.6) is 5.75 Å². The summed E-state index contributed by atoms with van der Waals surface area (Å²) in [5, 5.41) is 19.3. The second-order valence-electron chi connectivity index (χ2n) is 5.34. The molecule has 21 heavy (non-hydrogen) atoms. The van der Waals surface area contributed by atoms with Crippen molar-refractivity contribution in [3.05, 3.63) is 29.3 Å². The molecule has 4 nitrogen and oxygen atoms in total. The van der Waals surface area contributed by atoms with Gasteiger partial charge in [0.2, 0.25) is 0 Å². The van der Waals surface area contributed by atoms with Gasteiger partial charge < -0.3 is 15.1 Å². The van der Waals surface area contributed by atoms with Gasteiger partial charge in [-0.15, -0.1) is 0 Å². The van der Waals surface area contributed by atoms with Gasteiger partial charge in [-0.3, -0.25) is 4.79 Å². The van der Waals surface area contributed by atoms with Gasteiger partial charge in [-0.25, -0.2) is 0 Å². The molecule has 1 aliphatic heterocycles. The molecule has 116 valence electrons. The summed E-state index contributed by atoms with van der Waals surface area (Å²) in [5.41, 5.74) is -1.91. The third-order valence-electron chi connectivity index (χ3n) is 3.79. The molecule has 0 bridgehead atoms. The Kier molecular flexibility index (Phi) is 3.88. The van der Waals surface area contributed by atoms with Gasteiger partial charge in [0.15, 0.2) is 5.60 Å². The van der Waals surface area contributed by atoms with E-state index in [1.165, 1.54) is 17.0 Å². The summed E-state index contributed by atoms with van der Waals surface area (Å²) in [7, 11) is 0. The van der Waals surface area contributed by atoms with Gasteiger partial charge in [0, 0.05) is 25.9 Å². The highest BCUT2D eigenvalue weighted by molar-refractivity contribution is 5.97. The monoisotopic (exact) mass is 303 g/mol. The van der Waals surface area contributed by atoms with Crippen LogP contribution >= 0.6 is 0 Å². The maximum atomic E-state index is 12.7. The van der Waals surface area contributed by atoms with Gasteiger partial charge in [-0.2, -0.15) is 13.2 Å². The fraction of sp³-hybridized carbons (Fsp3) is 0.500. The Balaban J connectivity index is 2.12. The highest BCUT2D eigenvalue weighted by Gasteiger charge is 2.54. The average molecular weight is 303 g/mol. The summed E-state index contributed by atoms with van der Waals surface area (Å²) in [6.45, 7) is 1.33. The number of piperidine rings is 1. The lowest BCUT2D eigenvalue weighted by Gasteiger charge is -2.39. The smallest absolute Gasteiger partial charge is 0.417 e. The molecule has 1 aliphatic rings. The second kappa shape index (κ2) is 5.22. The molecule has 1 heterocycles. The van der Waals surface area contributed by atoms with Crippen molar-refractivity contribution in [1.29, 1.82) is 0 Å². The standard InChI is InChI=1S/C14H16F3NO3/c1-9-2-3-11(19)10(8-9)12(20)18-6-4-13(21,5-7-18)14(15,16)17/h2-3,8,19,21H,4-7H2,1H3. The highest BCUT2D eigenvalue weighted by Crippen LogP contribution is 2.38. The topological polar surface area (TPSA) is 60.8 Å². The maximum Gasteiger partial charge on any atom is 0.417 e. The fourth-order valence-corrected chi connectivity index (χ4v) is 2.35. The van der Waals surface area contributed by atoms with E-state index in [2.05, 4.69) is 0 Å². The number of hydrogen-bond donors (Lipinski definition) is 2. The van der Waals surface area contributed by atoms with Crippen LogP contribution in [-0.4, -0.2) is 45.9 Å². The number of rotatable bonds is 1. The average Bonchev–Trinajstić information content (AvgIpc) is 2.40. The molecular weight excluding hydrogens is 287 g/mol. The second-order valence-corrected chi connectivity index (χ2v) is 5.34. The first-order valence-electron chi connectivity index (χ1n) is 6.52. The molecule has 1 fully saturated rings. The molecule has 1 aromatic carbocycles. The molecule has 0 saturated carbocycles. The number of hydrogen-bond acceptors (Lipinski definition) is 3. The molecule has 0 spiro atoms. The van der Waals surface area contributed by atoms with Crippen LogP contribution in [0.3, 0.4) is 0 Å². The number of phenolic OH excluding ortho intramolecular Hbond substituents is 1. The number of benzene rings is 1. The van der Waals surface area contributed by atoms with E-state index in [1.807, 2.05) is 0 Å². The van der Waals surface area contributed by atoms with Crippen molar-refractivity contribution in [3.63, 3.8) is 0 Å². The number of aryl methyl sites for hydroxylation is 1. The Morgan fingerprint density at radius 3 is 2.38 bits per heavy atom. The molecule has 0 aromatic heterocycles. The van der Waals surface area contributed by atoms with E-state index in [4.69, 9.17) is 0 Å². The van der Waals surface area contributed by atoms with E-state index >= 15 is 0 Å². The summed E-state index contributed by atoms with van der Waals surface area (Å²) < 4.78 is 38.1. The number of halogens is 3. The van der Waals surface area contributed by atoms with Gasteiger partial charge in [-0.1, -0.05) is 11.6 Å². The van der Waals surface area contributed by atoms with Crippen molar-refractivity contribution in [2.45, 2.75) is 31.5 Å². The summed E-state index contributed by atoms with van der Waals surface area (Å²) >= 11 is 0. The first kappa shape index (κ1) is 15.6. The Hall–Kier alpha value is -1.76. The minimum Gasteiger partial charge on any atom is -0.507 e. The molecule has 1 aromatic rings. The molecule has 1 saturated heterocycles. The Labute approximate surface area is 119 Å². The predicted molar refractivity (Wildman–Crippen MR) is 69.0 cm³/mol. The largest absolute Gasteiger partial charge is 0.507 e. The Morgan fingerprint density at radius 2 is 1.86 bits per heavy atom. The van der Waals surface area contributed by atoms with Crippen LogP contribution in [0.4, 0.5) is 13.2 Å². The van der Waals surface area contributed by atoms with E-state index in [0.29, 0.717) is 0 Å². The normalized spacial score (nSPS) is 18.6. The zero-order chi connectivity index (χ0) is 15.8. The van der Waals surface area contributed by atoms with Crippen molar-refractivity contribution < 1.29 is 28.2 Å². The van der Waals surface area contributed by atoms with Gasteiger partial charge in [0.05, 0.1) is 5.56 Å². The molecule has 2 rings (SSSR count). The van der Waals surface area contributed by atoms with E-state index < -0.39 is 30.5 Å². The van der Waals surface area contributed by atoms with Gasteiger partial charge in [0.25, 0.3) is 5.91 Å². The van der Waals surface area contributed by atoms with Crippen molar-refractivity contribution in [2.75, 3.05) is 13.1 Å². The molecule has 1 amide bonds. The van der Waals surface area contributed by atoms with Crippen molar-refractivity contribution in [2.24, 2.45) is 0 Å². The van der Waals surface area contributed by atoms with Crippen LogP contribution in [0.25, 0.3) is 0 Å². The Bertz CT molecular complexity index is 549. The molecule has 0 aliphatic carbocycles. The fourth-order valence-electron chi connectivity index (χ4n) is 2.35. The number of phenols is 1.